The van der Waals surface area contributed by atoms with Crippen LogP contribution in [0, 0.1) is 0 Å². The highest BCUT2D eigenvalue weighted by molar-refractivity contribution is 6.32. The van der Waals surface area contributed by atoms with E-state index in [1.54, 1.807) is 13.3 Å². The van der Waals surface area contributed by atoms with Crippen LogP contribution in [0.4, 0.5) is 5.82 Å². The number of benzene rings is 1. The van der Waals surface area contributed by atoms with Crippen molar-refractivity contribution in [3.8, 4) is 17.0 Å². The fourth-order valence-electron chi connectivity index (χ4n) is 3.27. The van der Waals surface area contributed by atoms with Crippen LogP contribution in [0.1, 0.15) is 12.8 Å². The molecule has 0 unspecified atom stereocenters. The number of hydrogen-bond donors (Lipinski definition) is 1. The van der Waals surface area contributed by atoms with E-state index >= 15 is 0 Å². The van der Waals surface area contributed by atoms with Gasteiger partial charge in [-0.3, -0.25) is 9.38 Å². The lowest BCUT2D eigenvalue weighted by molar-refractivity contribution is 0.145. The van der Waals surface area contributed by atoms with Crippen LogP contribution in [0.5, 0.6) is 5.75 Å². The standard InChI is InChI=1S/C18H19ClN4O2/c1-25-16-3-2-12(8-14(16)19)15-9-21-17-10-20-11-18(23(15)17)22-6-4-13(24)5-7-22/h2-3,8-11,13,24H,4-7H2,1H3. The van der Waals surface area contributed by atoms with Crippen LogP contribution >= 0.6 is 11.6 Å². The molecule has 0 aliphatic carbocycles. The second kappa shape index (κ2) is 6.54. The van der Waals surface area contributed by atoms with Crippen LogP contribution in [0.3, 0.4) is 0 Å². The molecule has 1 saturated heterocycles. The average molecular weight is 359 g/mol. The van der Waals surface area contributed by atoms with Gasteiger partial charge in [0.2, 0.25) is 0 Å². The second-order valence-corrected chi connectivity index (χ2v) is 6.58. The first-order chi connectivity index (χ1) is 12.2. The molecule has 1 fully saturated rings. The third kappa shape index (κ3) is 2.92. The van der Waals surface area contributed by atoms with Gasteiger partial charge in [-0.25, -0.2) is 4.98 Å². The normalized spacial score (nSPS) is 15.7. The Labute approximate surface area is 150 Å². The molecule has 0 spiro atoms. The van der Waals surface area contributed by atoms with Crippen molar-refractivity contribution in [1.29, 1.82) is 0 Å². The van der Waals surface area contributed by atoms with Crippen LogP contribution in [0.15, 0.2) is 36.8 Å². The summed E-state index contributed by atoms with van der Waals surface area (Å²) in [6.45, 7) is 1.59. The van der Waals surface area contributed by atoms with Crippen molar-refractivity contribution in [2.45, 2.75) is 18.9 Å². The largest absolute Gasteiger partial charge is 0.495 e. The molecule has 0 atom stereocenters. The van der Waals surface area contributed by atoms with Gasteiger partial charge in [0.25, 0.3) is 0 Å². The third-order valence-corrected chi connectivity index (χ3v) is 4.93. The van der Waals surface area contributed by atoms with E-state index in [2.05, 4.69) is 19.3 Å². The molecule has 0 saturated carbocycles. The third-order valence-electron chi connectivity index (χ3n) is 4.63. The van der Waals surface area contributed by atoms with Gasteiger partial charge in [0.15, 0.2) is 5.65 Å². The van der Waals surface area contributed by atoms with Crippen molar-refractivity contribution >= 4 is 23.1 Å². The predicted molar refractivity (Wildman–Crippen MR) is 97.4 cm³/mol. The number of nitrogens with zero attached hydrogens (tertiary/aromatic N) is 4. The van der Waals surface area contributed by atoms with Gasteiger partial charge in [0.1, 0.15) is 11.6 Å². The first-order valence-electron chi connectivity index (χ1n) is 8.26. The Balaban J connectivity index is 1.81. The highest BCUT2D eigenvalue weighted by Gasteiger charge is 2.21. The van der Waals surface area contributed by atoms with Crippen molar-refractivity contribution in [1.82, 2.24) is 14.4 Å². The van der Waals surface area contributed by atoms with E-state index in [0.717, 1.165) is 48.7 Å². The van der Waals surface area contributed by atoms with Crippen molar-refractivity contribution in [2.75, 3.05) is 25.1 Å². The van der Waals surface area contributed by atoms with E-state index in [1.807, 2.05) is 30.6 Å². The van der Waals surface area contributed by atoms with Gasteiger partial charge in [-0.1, -0.05) is 11.6 Å². The zero-order valence-corrected chi connectivity index (χ0v) is 14.6. The fourth-order valence-corrected chi connectivity index (χ4v) is 3.53. The van der Waals surface area contributed by atoms with Crippen LogP contribution < -0.4 is 9.64 Å². The number of aromatic nitrogens is 3. The maximum Gasteiger partial charge on any atom is 0.157 e. The molecule has 2 aromatic heterocycles. The summed E-state index contributed by atoms with van der Waals surface area (Å²) >= 11 is 6.30. The molecule has 1 aromatic carbocycles. The molecule has 0 radical (unpaired) electrons. The number of anilines is 1. The molecule has 0 bridgehead atoms. The Morgan fingerprint density at radius 3 is 2.72 bits per heavy atom. The van der Waals surface area contributed by atoms with Gasteiger partial charge in [-0.15, -0.1) is 0 Å². The lowest BCUT2D eigenvalue weighted by Crippen LogP contribution is -2.36. The van der Waals surface area contributed by atoms with Gasteiger partial charge in [-0.05, 0) is 31.0 Å². The number of halogens is 1. The Kier molecular flexibility index (Phi) is 4.23. The maximum atomic E-state index is 9.77. The molecule has 6 nitrogen and oxygen atoms in total. The number of methoxy groups -OCH3 is 1. The quantitative estimate of drug-likeness (QED) is 0.779. The Hall–Kier alpha value is -2.31. The molecule has 4 rings (SSSR count). The predicted octanol–water partition coefficient (Wildman–Crippen LogP) is 3.02. The number of rotatable bonds is 3. The fraction of sp³-hybridized carbons (Fsp3) is 0.333. The molecule has 1 aliphatic rings. The SMILES string of the molecule is COc1ccc(-c2cnc3cncc(N4CCC(O)CC4)n23)cc1Cl. The minimum atomic E-state index is -0.217. The van der Waals surface area contributed by atoms with E-state index < -0.39 is 0 Å². The van der Waals surface area contributed by atoms with E-state index in [9.17, 15) is 5.11 Å². The van der Waals surface area contributed by atoms with Gasteiger partial charge in [0.05, 0.1) is 42.5 Å². The summed E-state index contributed by atoms with van der Waals surface area (Å²) in [6, 6.07) is 5.71. The number of aliphatic hydroxyl groups excluding tert-OH is 1. The molecule has 3 heterocycles. The summed E-state index contributed by atoms with van der Waals surface area (Å²) in [5, 5.41) is 10.3. The number of ether oxygens (including phenoxy) is 1. The van der Waals surface area contributed by atoms with Gasteiger partial charge < -0.3 is 14.7 Å². The van der Waals surface area contributed by atoms with Gasteiger partial charge in [0, 0.05) is 18.7 Å². The summed E-state index contributed by atoms with van der Waals surface area (Å²) in [5.74, 6) is 1.62. The first-order valence-corrected chi connectivity index (χ1v) is 8.63. The summed E-state index contributed by atoms with van der Waals surface area (Å²) in [4.78, 5) is 11.1. The van der Waals surface area contributed by atoms with Crippen molar-refractivity contribution in [2.24, 2.45) is 0 Å². The minimum absolute atomic E-state index is 0.217. The summed E-state index contributed by atoms with van der Waals surface area (Å²) in [5.41, 5.74) is 2.69. The van der Waals surface area contributed by atoms with E-state index in [1.165, 1.54) is 0 Å². The highest BCUT2D eigenvalue weighted by Crippen LogP contribution is 2.32. The molecule has 1 N–H and O–H groups in total. The van der Waals surface area contributed by atoms with Crippen LogP contribution in [-0.2, 0) is 0 Å². The lowest BCUT2D eigenvalue weighted by Gasteiger charge is -2.31. The van der Waals surface area contributed by atoms with Crippen LogP contribution in [-0.4, -0.2) is 45.8 Å². The highest BCUT2D eigenvalue weighted by atomic mass is 35.5. The molecule has 7 heteroatoms. The second-order valence-electron chi connectivity index (χ2n) is 6.17. The molecular weight excluding hydrogens is 340 g/mol. The van der Waals surface area contributed by atoms with E-state index in [0.29, 0.717) is 10.8 Å². The lowest BCUT2D eigenvalue weighted by atomic mass is 10.1. The molecule has 25 heavy (non-hydrogen) atoms. The smallest absolute Gasteiger partial charge is 0.157 e. The monoisotopic (exact) mass is 358 g/mol. The topological polar surface area (TPSA) is 62.9 Å². The zero-order valence-electron chi connectivity index (χ0n) is 13.9. The Morgan fingerprint density at radius 1 is 1.20 bits per heavy atom. The number of imidazole rings is 1. The summed E-state index contributed by atoms with van der Waals surface area (Å²) in [7, 11) is 1.60. The summed E-state index contributed by atoms with van der Waals surface area (Å²) in [6.07, 6.45) is 6.73. The summed E-state index contributed by atoms with van der Waals surface area (Å²) < 4.78 is 7.32. The number of piperidine rings is 1. The Morgan fingerprint density at radius 2 is 2.00 bits per heavy atom. The zero-order chi connectivity index (χ0) is 17.4. The Bertz CT molecular complexity index is 903. The molecular formula is C18H19ClN4O2. The molecule has 3 aromatic rings. The minimum Gasteiger partial charge on any atom is -0.495 e. The van der Waals surface area contributed by atoms with E-state index in [4.69, 9.17) is 16.3 Å². The maximum absolute atomic E-state index is 9.77. The van der Waals surface area contributed by atoms with Gasteiger partial charge in [-0.2, -0.15) is 0 Å². The van der Waals surface area contributed by atoms with Gasteiger partial charge >= 0.3 is 0 Å². The van der Waals surface area contributed by atoms with E-state index in [-0.39, 0.29) is 6.10 Å². The molecule has 0 amide bonds. The molecule has 130 valence electrons. The van der Waals surface area contributed by atoms with Crippen molar-refractivity contribution in [3.63, 3.8) is 0 Å². The first kappa shape index (κ1) is 16.2. The van der Waals surface area contributed by atoms with Crippen LogP contribution in [0.25, 0.3) is 16.9 Å². The number of hydrogen-bond acceptors (Lipinski definition) is 5. The average Bonchev–Trinajstić information content (AvgIpc) is 3.06. The van der Waals surface area contributed by atoms with Crippen molar-refractivity contribution in [3.05, 3.63) is 41.8 Å². The van der Waals surface area contributed by atoms with Crippen LogP contribution in [0.2, 0.25) is 5.02 Å². The number of fused-ring (bicyclic) bond motifs is 1. The van der Waals surface area contributed by atoms with Crippen molar-refractivity contribution < 1.29 is 9.84 Å². The number of aliphatic hydroxyl groups is 1. The molecule has 1 aliphatic heterocycles.